The Balaban J connectivity index is 0.000000405. The lowest BCUT2D eigenvalue weighted by Gasteiger charge is -2.36. The second-order valence-corrected chi connectivity index (χ2v) is 12.8. The van der Waals surface area contributed by atoms with Gasteiger partial charge in [0.05, 0.1) is 16.7 Å². The Morgan fingerprint density at radius 1 is 0.574 bits per heavy atom. The minimum Gasteiger partial charge on any atom is -0.309 e. The third kappa shape index (κ3) is 9.99. The van der Waals surface area contributed by atoms with Gasteiger partial charge in [-0.05, 0) is 47.1 Å². The number of aromatic nitrogens is 1. The van der Waals surface area contributed by atoms with Gasteiger partial charge in [-0.1, -0.05) is 209 Å². The summed E-state index contributed by atoms with van der Waals surface area (Å²) in [5, 5.41) is 2.73. The molecule has 0 unspecified atom stereocenters. The summed E-state index contributed by atoms with van der Waals surface area (Å²) in [6.07, 6.45) is 17.7. The molecule has 2 aliphatic carbocycles. The van der Waals surface area contributed by atoms with E-state index in [1.807, 2.05) is 55.4 Å². The van der Waals surface area contributed by atoms with Gasteiger partial charge in [0.1, 0.15) is 0 Å². The van der Waals surface area contributed by atoms with Crippen molar-refractivity contribution in [3.05, 3.63) is 77.4 Å². The topological polar surface area (TPSA) is 4.93 Å². The Bertz CT molecular complexity index is 1360. The number of nitrogens with zero attached hydrogens (tertiary/aromatic N) is 1. The van der Waals surface area contributed by atoms with Crippen LogP contribution in [0, 0.1) is 11.8 Å². The number of para-hydroxylation sites is 2. The molecule has 0 amide bonds. The van der Waals surface area contributed by atoms with E-state index in [-0.39, 0.29) is 5.41 Å². The van der Waals surface area contributed by atoms with Crippen LogP contribution >= 0.6 is 0 Å². The molecule has 1 aromatic heterocycles. The second-order valence-electron chi connectivity index (χ2n) is 12.8. The highest BCUT2D eigenvalue weighted by atomic mass is 15.0. The SMILES string of the molecule is C1CCC(C2CCCCC2)CC1.CC.CC.CC.CC.CCC.CCc1ccc2c3ccccc3n3c2c1C(C)(C)c1ccccc1-3. The zero-order valence-corrected chi connectivity index (χ0v) is 33.4. The Hall–Kier alpha value is -2.54. The molecule has 2 fully saturated rings. The van der Waals surface area contributed by atoms with Gasteiger partial charge in [0, 0.05) is 16.2 Å². The van der Waals surface area contributed by atoms with E-state index >= 15 is 0 Å². The lowest BCUT2D eigenvalue weighted by molar-refractivity contribution is 0.196. The fourth-order valence-corrected chi connectivity index (χ4v) is 7.88. The molecule has 47 heavy (non-hydrogen) atoms. The monoisotopic (exact) mass is 642 g/mol. The van der Waals surface area contributed by atoms with Crippen molar-refractivity contribution in [1.29, 1.82) is 0 Å². The van der Waals surface area contributed by atoms with Gasteiger partial charge in [0.2, 0.25) is 0 Å². The van der Waals surface area contributed by atoms with E-state index in [1.165, 1.54) is 89.1 Å². The molecule has 2 saturated carbocycles. The van der Waals surface area contributed by atoms with Crippen LogP contribution in [0.25, 0.3) is 27.5 Å². The normalized spacial score (nSPS) is 15.9. The Kier molecular flexibility index (Phi) is 20.7. The van der Waals surface area contributed by atoms with Crippen molar-refractivity contribution in [1.82, 2.24) is 4.57 Å². The molecule has 0 radical (unpaired) electrons. The molecule has 3 aromatic carbocycles. The van der Waals surface area contributed by atoms with Gasteiger partial charge in [-0.3, -0.25) is 0 Å². The van der Waals surface area contributed by atoms with Gasteiger partial charge >= 0.3 is 0 Å². The molecule has 7 rings (SSSR count). The predicted molar refractivity (Wildman–Crippen MR) is 217 cm³/mol. The number of aryl methyl sites for hydroxylation is 1. The van der Waals surface area contributed by atoms with Gasteiger partial charge in [0.25, 0.3) is 0 Å². The summed E-state index contributed by atoms with van der Waals surface area (Å²) >= 11 is 0. The van der Waals surface area contributed by atoms with E-state index in [0.29, 0.717) is 0 Å². The van der Waals surface area contributed by atoms with Crippen LogP contribution in [0.5, 0.6) is 0 Å². The van der Waals surface area contributed by atoms with Crippen molar-refractivity contribution >= 4 is 21.8 Å². The van der Waals surface area contributed by atoms with Crippen LogP contribution in [0.2, 0.25) is 0 Å². The summed E-state index contributed by atoms with van der Waals surface area (Å²) in [7, 11) is 0. The molecule has 0 N–H and O–H groups in total. The van der Waals surface area contributed by atoms with Crippen LogP contribution in [0.4, 0.5) is 0 Å². The van der Waals surface area contributed by atoms with Crippen molar-refractivity contribution in [3.63, 3.8) is 0 Å². The molecule has 1 heteroatoms. The molecule has 0 spiro atoms. The van der Waals surface area contributed by atoms with Crippen molar-refractivity contribution in [2.24, 2.45) is 11.8 Å². The molecule has 1 nitrogen and oxygen atoms in total. The Morgan fingerprint density at radius 3 is 1.55 bits per heavy atom. The highest BCUT2D eigenvalue weighted by Crippen LogP contribution is 2.48. The molecule has 1 aliphatic heterocycles. The van der Waals surface area contributed by atoms with Gasteiger partial charge in [-0.2, -0.15) is 0 Å². The molecule has 264 valence electrons. The van der Waals surface area contributed by atoms with Gasteiger partial charge in [-0.25, -0.2) is 0 Å². The Labute approximate surface area is 293 Å². The van der Waals surface area contributed by atoms with E-state index in [9.17, 15) is 0 Å². The van der Waals surface area contributed by atoms with Crippen LogP contribution in [0.1, 0.15) is 177 Å². The highest BCUT2D eigenvalue weighted by Gasteiger charge is 2.36. The maximum absolute atomic E-state index is 2.49. The smallest absolute Gasteiger partial charge is 0.0584 e. The first-order valence-corrected chi connectivity index (χ1v) is 20.2. The van der Waals surface area contributed by atoms with Crippen molar-refractivity contribution in [2.75, 3.05) is 0 Å². The fraction of sp³-hybridized carbons (Fsp3) is 0.609. The van der Waals surface area contributed by atoms with Crippen molar-refractivity contribution in [3.8, 4) is 5.69 Å². The first-order chi connectivity index (χ1) is 23.0. The van der Waals surface area contributed by atoms with Gasteiger partial charge in [0.15, 0.2) is 0 Å². The van der Waals surface area contributed by atoms with E-state index in [2.05, 4.69) is 99.8 Å². The van der Waals surface area contributed by atoms with E-state index in [1.54, 1.807) is 25.7 Å². The largest absolute Gasteiger partial charge is 0.309 e. The standard InChI is InChI=1S/C23H21N.C12H22.C3H8.4C2H6/c1-4-15-13-14-17-16-9-5-7-11-19(16)24-20-12-8-6-10-18(20)23(2,3)21(15)22(17)24;1-3-7-11(8-4-1)12-9-5-2-6-10-12;1-3-2;4*1-2/h5-14H,4H2,1-3H3;11-12H,1-10H2;3H2,1-2H3;4*1-2H3. The number of fused-ring (bicyclic) bond motifs is 5. The van der Waals surface area contributed by atoms with Crippen LogP contribution < -0.4 is 0 Å². The number of hydrogen-bond donors (Lipinski definition) is 0. The first kappa shape index (κ1) is 42.5. The van der Waals surface area contributed by atoms with E-state index in [4.69, 9.17) is 0 Å². The summed E-state index contributed by atoms with van der Waals surface area (Å²) in [6, 6.07) is 22.3. The molecule has 0 atom stereocenters. The van der Waals surface area contributed by atoms with E-state index in [0.717, 1.165) is 18.3 Å². The molecular weight excluding hydrogens is 567 g/mol. The molecule has 0 bridgehead atoms. The first-order valence-electron chi connectivity index (χ1n) is 20.2. The summed E-state index contributed by atoms with van der Waals surface area (Å²) in [6.45, 7) is 27.3. The van der Waals surface area contributed by atoms with Gasteiger partial charge in [-0.15, -0.1) is 0 Å². The lowest BCUT2D eigenvalue weighted by Crippen LogP contribution is -2.27. The number of hydrogen-bond acceptors (Lipinski definition) is 0. The maximum Gasteiger partial charge on any atom is 0.0584 e. The maximum atomic E-state index is 2.49. The third-order valence-electron chi connectivity index (χ3n) is 9.71. The van der Waals surface area contributed by atoms with Crippen LogP contribution in [-0.2, 0) is 11.8 Å². The van der Waals surface area contributed by atoms with Gasteiger partial charge < -0.3 is 4.57 Å². The number of benzene rings is 3. The fourth-order valence-electron chi connectivity index (χ4n) is 7.88. The zero-order chi connectivity index (χ0) is 35.4. The van der Waals surface area contributed by atoms with Crippen molar-refractivity contribution < 1.29 is 0 Å². The molecule has 2 heterocycles. The van der Waals surface area contributed by atoms with E-state index < -0.39 is 0 Å². The zero-order valence-electron chi connectivity index (χ0n) is 33.4. The summed E-state index contributed by atoms with van der Waals surface area (Å²) < 4.78 is 2.49. The minimum atomic E-state index is 0.0197. The quantitative estimate of drug-likeness (QED) is 0.205. The third-order valence-corrected chi connectivity index (χ3v) is 9.71. The molecule has 4 aromatic rings. The highest BCUT2D eigenvalue weighted by molar-refractivity contribution is 6.11. The average molecular weight is 642 g/mol. The van der Waals surface area contributed by atoms with Crippen LogP contribution in [-0.4, -0.2) is 4.57 Å². The number of rotatable bonds is 2. The lowest BCUT2D eigenvalue weighted by atomic mass is 9.72. The molecule has 0 saturated heterocycles. The minimum absolute atomic E-state index is 0.0197. The second kappa shape index (κ2) is 22.9. The summed E-state index contributed by atoms with van der Waals surface area (Å²) in [5.74, 6) is 2.28. The predicted octanol–water partition coefficient (Wildman–Crippen LogP) is 15.7. The Morgan fingerprint density at radius 2 is 1.04 bits per heavy atom. The summed E-state index contributed by atoms with van der Waals surface area (Å²) in [5.41, 5.74) is 8.44. The summed E-state index contributed by atoms with van der Waals surface area (Å²) in [4.78, 5) is 0. The van der Waals surface area contributed by atoms with Crippen LogP contribution in [0.3, 0.4) is 0 Å². The van der Waals surface area contributed by atoms with Crippen molar-refractivity contribution in [2.45, 2.75) is 172 Å². The average Bonchev–Trinajstić information content (AvgIpc) is 3.50. The molecular formula is C46H75N. The van der Waals surface area contributed by atoms with Crippen LogP contribution in [0.15, 0.2) is 60.7 Å². The molecule has 3 aliphatic rings.